The number of rotatable bonds is 1. The summed E-state index contributed by atoms with van der Waals surface area (Å²) in [7, 11) is 1.78. The molecule has 1 spiro atoms. The molecule has 0 N–H and O–H groups in total. The van der Waals surface area contributed by atoms with E-state index < -0.39 is 5.79 Å². The van der Waals surface area contributed by atoms with E-state index in [0.717, 1.165) is 26.1 Å². The molecule has 5 heteroatoms. The number of halogens is 1. The van der Waals surface area contributed by atoms with Crippen molar-refractivity contribution >= 4 is 0 Å². The molecule has 0 amide bonds. The summed E-state index contributed by atoms with van der Waals surface area (Å²) >= 11 is 0. The van der Waals surface area contributed by atoms with Gasteiger partial charge in [0.25, 0.3) is 0 Å². The topological polar surface area (TPSA) is 27.7 Å². The van der Waals surface area contributed by atoms with Crippen molar-refractivity contribution in [2.45, 2.75) is 45.8 Å². The van der Waals surface area contributed by atoms with Crippen molar-refractivity contribution in [3.05, 3.63) is 17.3 Å². The summed E-state index contributed by atoms with van der Waals surface area (Å²) < 4.78 is 17.2. The van der Waals surface area contributed by atoms with Crippen molar-refractivity contribution in [1.82, 2.24) is 0 Å². The third-order valence-corrected chi connectivity index (χ3v) is 4.77. The van der Waals surface area contributed by atoms with E-state index in [4.69, 9.17) is 14.2 Å². The van der Waals surface area contributed by atoms with E-state index in [0.29, 0.717) is 5.92 Å². The SMILES string of the molecule is CO[C]1CC2CC3(COC(C)(C)OC3)CC2=C1C.[Cl-].[Zn]. The zero-order chi connectivity index (χ0) is 13.0. The molecule has 0 aromatic heterocycles. The van der Waals surface area contributed by atoms with Crippen LogP contribution in [0.3, 0.4) is 0 Å². The predicted molar refractivity (Wildman–Crippen MR) is 68.7 cm³/mol. The minimum atomic E-state index is -0.407. The minimum absolute atomic E-state index is 0. The Morgan fingerprint density at radius 2 is 1.80 bits per heavy atom. The molecule has 1 saturated carbocycles. The smallest absolute Gasteiger partial charge is 0.162 e. The van der Waals surface area contributed by atoms with Gasteiger partial charge in [0, 0.05) is 32.0 Å². The van der Waals surface area contributed by atoms with Gasteiger partial charge in [-0.2, -0.15) is 0 Å². The fourth-order valence-electron chi connectivity index (χ4n) is 3.65. The number of fused-ring (bicyclic) bond motifs is 1. The summed E-state index contributed by atoms with van der Waals surface area (Å²) in [5.41, 5.74) is 3.18. The van der Waals surface area contributed by atoms with E-state index in [-0.39, 0.29) is 37.3 Å². The molecule has 3 nitrogen and oxygen atoms in total. The monoisotopic (exact) mass is 350 g/mol. The van der Waals surface area contributed by atoms with Gasteiger partial charge in [0.1, 0.15) is 6.10 Å². The van der Waals surface area contributed by atoms with Crippen LogP contribution in [0.25, 0.3) is 0 Å². The Bertz CT molecular complexity index is 385. The van der Waals surface area contributed by atoms with Crippen molar-refractivity contribution < 1.29 is 46.1 Å². The fraction of sp³-hybridized carbons (Fsp3) is 0.800. The van der Waals surface area contributed by atoms with Crippen molar-refractivity contribution in [3.8, 4) is 0 Å². The van der Waals surface area contributed by atoms with Crippen LogP contribution >= 0.6 is 0 Å². The number of allylic oxidation sites excluding steroid dienone is 1. The maximum atomic E-state index is 5.87. The summed E-state index contributed by atoms with van der Waals surface area (Å²) in [6.45, 7) is 7.85. The largest absolute Gasteiger partial charge is 1.00 e. The van der Waals surface area contributed by atoms with Gasteiger partial charge in [-0.3, -0.25) is 0 Å². The van der Waals surface area contributed by atoms with Crippen molar-refractivity contribution in [1.29, 1.82) is 0 Å². The zero-order valence-corrected chi connectivity index (χ0v) is 16.6. The van der Waals surface area contributed by atoms with E-state index in [2.05, 4.69) is 6.92 Å². The van der Waals surface area contributed by atoms with Crippen LogP contribution in [0.5, 0.6) is 0 Å². The van der Waals surface area contributed by atoms with Gasteiger partial charge in [-0.25, -0.2) is 0 Å². The van der Waals surface area contributed by atoms with E-state index in [1.54, 1.807) is 12.7 Å². The average Bonchev–Trinajstić information content (AvgIpc) is 2.81. The summed E-state index contributed by atoms with van der Waals surface area (Å²) in [4.78, 5) is 0. The molecular formula is C15H23ClO3Zn-. The number of hydrogen-bond acceptors (Lipinski definition) is 3. The molecule has 1 heterocycles. The molecule has 111 valence electrons. The van der Waals surface area contributed by atoms with Gasteiger partial charge >= 0.3 is 0 Å². The van der Waals surface area contributed by atoms with E-state index >= 15 is 0 Å². The molecule has 3 aliphatic rings. The van der Waals surface area contributed by atoms with Crippen molar-refractivity contribution in [2.24, 2.45) is 11.3 Å². The standard InChI is InChI=1S/C15H23O3.ClH.Zn/c1-10-12-7-15(6-11(12)5-13(10)16-4)8-17-14(2,3)18-9-15;;/h11H,5-9H2,1-4H3;1H;/p-1. The van der Waals surface area contributed by atoms with Crippen LogP contribution in [0, 0.1) is 17.4 Å². The second-order valence-corrected chi connectivity index (χ2v) is 6.54. The van der Waals surface area contributed by atoms with Crippen LogP contribution in [0.15, 0.2) is 11.1 Å². The molecule has 20 heavy (non-hydrogen) atoms. The molecule has 2 aliphatic carbocycles. The zero-order valence-electron chi connectivity index (χ0n) is 12.9. The van der Waals surface area contributed by atoms with Crippen LogP contribution in [-0.2, 0) is 33.7 Å². The van der Waals surface area contributed by atoms with Gasteiger partial charge in [-0.05, 0) is 51.5 Å². The van der Waals surface area contributed by atoms with Crippen LogP contribution in [0.2, 0.25) is 0 Å². The van der Waals surface area contributed by atoms with Crippen LogP contribution in [0.4, 0.5) is 0 Å². The summed E-state index contributed by atoms with van der Waals surface area (Å²) in [6.07, 6.45) is 4.56. The number of hydrogen-bond donors (Lipinski definition) is 0. The third-order valence-electron chi connectivity index (χ3n) is 4.77. The van der Waals surface area contributed by atoms with E-state index in [1.165, 1.54) is 18.1 Å². The average molecular weight is 352 g/mol. The first-order chi connectivity index (χ1) is 8.45. The second-order valence-electron chi connectivity index (χ2n) is 6.54. The first-order valence-electron chi connectivity index (χ1n) is 6.82. The Balaban J connectivity index is 0.000001000. The molecule has 0 aromatic rings. The second kappa shape index (κ2) is 6.34. The molecular weight excluding hydrogens is 329 g/mol. The molecule has 1 aliphatic heterocycles. The molecule has 1 atom stereocenters. The molecule has 2 fully saturated rings. The van der Waals surface area contributed by atoms with Crippen LogP contribution < -0.4 is 12.4 Å². The van der Waals surface area contributed by atoms with Crippen molar-refractivity contribution in [3.63, 3.8) is 0 Å². The first kappa shape index (κ1) is 18.6. The number of methoxy groups -OCH3 is 1. The molecule has 1 unspecified atom stereocenters. The maximum absolute atomic E-state index is 5.87. The predicted octanol–water partition coefficient (Wildman–Crippen LogP) is 0.0658. The Kier molecular flexibility index (Phi) is 5.89. The van der Waals surface area contributed by atoms with Gasteiger partial charge in [0.15, 0.2) is 5.79 Å². The maximum Gasteiger partial charge on any atom is 0.162 e. The van der Waals surface area contributed by atoms with Crippen LogP contribution in [0.1, 0.15) is 40.0 Å². The Morgan fingerprint density at radius 3 is 2.30 bits per heavy atom. The summed E-state index contributed by atoms with van der Waals surface area (Å²) in [6, 6.07) is 0. The Labute approximate surface area is 141 Å². The molecule has 1 radical (unpaired) electrons. The summed E-state index contributed by atoms with van der Waals surface area (Å²) in [5.74, 6) is 0.254. The Morgan fingerprint density at radius 1 is 1.20 bits per heavy atom. The minimum Gasteiger partial charge on any atom is -1.00 e. The van der Waals surface area contributed by atoms with Gasteiger partial charge in [-0.15, -0.1) is 0 Å². The van der Waals surface area contributed by atoms with Crippen LogP contribution in [-0.4, -0.2) is 26.1 Å². The first-order valence-corrected chi connectivity index (χ1v) is 6.82. The van der Waals surface area contributed by atoms with Gasteiger partial charge < -0.3 is 26.6 Å². The molecule has 1 saturated heterocycles. The van der Waals surface area contributed by atoms with Gasteiger partial charge in [0.2, 0.25) is 0 Å². The molecule has 0 bridgehead atoms. The quantitative estimate of drug-likeness (QED) is 0.625. The molecule has 0 aromatic carbocycles. The summed E-state index contributed by atoms with van der Waals surface area (Å²) in [5, 5.41) is 0. The van der Waals surface area contributed by atoms with E-state index in [1.807, 2.05) is 13.8 Å². The Hall–Kier alpha value is 0.533. The fourth-order valence-corrected chi connectivity index (χ4v) is 3.65. The molecule has 3 rings (SSSR count). The third kappa shape index (κ3) is 3.15. The van der Waals surface area contributed by atoms with Gasteiger partial charge in [-0.1, -0.05) is 5.57 Å². The van der Waals surface area contributed by atoms with E-state index in [9.17, 15) is 0 Å². The normalized spacial score (nSPS) is 30.9. The van der Waals surface area contributed by atoms with Gasteiger partial charge in [0.05, 0.1) is 13.2 Å². The van der Waals surface area contributed by atoms with Crippen molar-refractivity contribution in [2.75, 3.05) is 20.3 Å². The number of ether oxygens (including phenoxy) is 3.